The molecule has 1 aromatic rings. The van der Waals surface area contributed by atoms with Crippen LogP contribution in [-0.4, -0.2) is 12.5 Å². The first-order valence-corrected chi connectivity index (χ1v) is 5.90. The molecule has 3 nitrogen and oxygen atoms in total. The van der Waals surface area contributed by atoms with E-state index in [0.29, 0.717) is 18.0 Å². The van der Waals surface area contributed by atoms with Crippen LogP contribution in [0, 0.1) is 5.82 Å². The van der Waals surface area contributed by atoms with Crippen LogP contribution in [0.1, 0.15) is 24.8 Å². The van der Waals surface area contributed by atoms with Crippen molar-refractivity contribution in [3.63, 3.8) is 0 Å². The third-order valence-corrected chi connectivity index (χ3v) is 2.71. The number of rotatable bonds is 7. The summed E-state index contributed by atoms with van der Waals surface area (Å²) in [7, 11) is 0. The summed E-state index contributed by atoms with van der Waals surface area (Å²) in [6.45, 7) is 1.37. The van der Waals surface area contributed by atoms with Crippen molar-refractivity contribution in [2.45, 2.75) is 25.8 Å². The fourth-order valence-electron chi connectivity index (χ4n) is 1.44. The molecule has 3 N–H and O–H groups in total. The van der Waals surface area contributed by atoms with Crippen molar-refractivity contribution in [3.8, 4) is 0 Å². The molecule has 0 unspecified atom stereocenters. The number of primary amides is 1. The zero-order valence-electron chi connectivity index (χ0n) is 9.51. The standard InChI is InChI=1S/C12H16ClFN2O/c13-11-7-10(14)5-4-9(11)8-16-6-2-1-3-12(15)17/h4-5,7,16H,1-3,6,8H2,(H2,15,17). The summed E-state index contributed by atoms with van der Waals surface area (Å²) in [5, 5.41) is 3.60. The predicted molar refractivity (Wildman–Crippen MR) is 66.2 cm³/mol. The maximum Gasteiger partial charge on any atom is 0.217 e. The van der Waals surface area contributed by atoms with Gasteiger partial charge >= 0.3 is 0 Å². The summed E-state index contributed by atoms with van der Waals surface area (Å²) in [6, 6.07) is 4.34. The van der Waals surface area contributed by atoms with Crippen LogP contribution in [0.15, 0.2) is 18.2 Å². The number of amides is 1. The highest BCUT2D eigenvalue weighted by Gasteiger charge is 2.01. The van der Waals surface area contributed by atoms with E-state index in [-0.39, 0.29) is 11.7 Å². The molecule has 0 radical (unpaired) electrons. The van der Waals surface area contributed by atoms with Crippen molar-refractivity contribution in [2.24, 2.45) is 5.73 Å². The highest BCUT2D eigenvalue weighted by molar-refractivity contribution is 6.31. The second kappa shape index (κ2) is 7.25. The third-order valence-electron chi connectivity index (χ3n) is 2.36. The first-order chi connectivity index (χ1) is 8.09. The number of unbranched alkanes of at least 4 members (excludes halogenated alkanes) is 1. The van der Waals surface area contributed by atoms with E-state index in [0.717, 1.165) is 24.9 Å². The highest BCUT2D eigenvalue weighted by atomic mass is 35.5. The molecule has 5 heteroatoms. The average Bonchev–Trinajstić information content (AvgIpc) is 2.25. The van der Waals surface area contributed by atoms with Crippen LogP contribution < -0.4 is 11.1 Å². The third kappa shape index (κ3) is 5.65. The van der Waals surface area contributed by atoms with E-state index in [4.69, 9.17) is 17.3 Å². The first kappa shape index (κ1) is 13.9. The Bertz CT molecular complexity index is 385. The summed E-state index contributed by atoms with van der Waals surface area (Å²) < 4.78 is 12.8. The van der Waals surface area contributed by atoms with Gasteiger partial charge in [0.2, 0.25) is 5.91 Å². The Morgan fingerprint density at radius 3 is 2.82 bits per heavy atom. The van der Waals surface area contributed by atoms with E-state index in [1.54, 1.807) is 6.07 Å². The van der Waals surface area contributed by atoms with Gasteiger partial charge in [0.1, 0.15) is 5.82 Å². The van der Waals surface area contributed by atoms with Crippen molar-refractivity contribution in [3.05, 3.63) is 34.6 Å². The molecule has 0 bridgehead atoms. The quantitative estimate of drug-likeness (QED) is 0.737. The number of carbonyl (C=O) groups excluding carboxylic acids is 1. The number of hydrogen-bond acceptors (Lipinski definition) is 2. The molecule has 0 fully saturated rings. The molecule has 0 aromatic heterocycles. The van der Waals surface area contributed by atoms with Crippen LogP contribution in [0.4, 0.5) is 4.39 Å². The number of halogens is 2. The molecule has 0 aliphatic carbocycles. The summed E-state index contributed by atoms with van der Waals surface area (Å²) in [6.07, 6.45) is 2.07. The average molecular weight is 259 g/mol. The van der Waals surface area contributed by atoms with Crippen molar-refractivity contribution < 1.29 is 9.18 Å². The minimum atomic E-state index is -0.333. The minimum Gasteiger partial charge on any atom is -0.370 e. The monoisotopic (exact) mass is 258 g/mol. The number of carbonyl (C=O) groups is 1. The zero-order valence-corrected chi connectivity index (χ0v) is 10.3. The number of hydrogen-bond donors (Lipinski definition) is 2. The van der Waals surface area contributed by atoms with E-state index in [2.05, 4.69) is 5.32 Å². The molecule has 0 aliphatic rings. The van der Waals surface area contributed by atoms with E-state index >= 15 is 0 Å². The van der Waals surface area contributed by atoms with E-state index in [1.165, 1.54) is 12.1 Å². The SMILES string of the molecule is NC(=O)CCCCNCc1ccc(F)cc1Cl. The van der Waals surface area contributed by atoms with E-state index in [9.17, 15) is 9.18 Å². The minimum absolute atomic E-state index is 0.272. The topological polar surface area (TPSA) is 55.1 Å². The summed E-state index contributed by atoms with van der Waals surface area (Å²) >= 11 is 5.87. The molecule has 0 heterocycles. The lowest BCUT2D eigenvalue weighted by molar-refractivity contribution is -0.118. The van der Waals surface area contributed by atoms with Crippen LogP contribution in [0.2, 0.25) is 5.02 Å². The molecule has 1 rings (SSSR count). The fraction of sp³-hybridized carbons (Fsp3) is 0.417. The normalized spacial score (nSPS) is 10.5. The molecule has 1 amide bonds. The lowest BCUT2D eigenvalue weighted by Gasteiger charge is -2.06. The van der Waals surface area contributed by atoms with Gasteiger partial charge in [-0.05, 0) is 37.1 Å². The fourth-order valence-corrected chi connectivity index (χ4v) is 1.67. The van der Waals surface area contributed by atoms with Crippen LogP contribution in [0.5, 0.6) is 0 Å². The maximum absolute atomic E-state index is 12.8. The molecular formula is C12H16ClFN2O. The molecule has 17 heavy (non-hydrogen) atoms. The van der Waals surface area contributed by atoms with Gasteiger partial charge in [-0.1, -0.05) is 17.7 Å². The molecule has 0 saturated carbocycles. The van der Waals surface area contributed by atoms with Crippen molar-refractivity contribution >= 4 is 17.5 Å². The van der Waals surface area contributed by atoms with Gasteiger partial charge in [0.05, 0.1) is 0 Å². The van der Waals surface area contributed by atoms with Crippen molar-refractivity contribution in [1.82, 2.24) is 5.32 Å². The van der Waals surface area contributed by atoms with Gasteiger partial charge in [0.25, 0.3) is 0 Å². The number of nitrogens with two attached hydrogens (primary N) is 1. The molecule has 0 aliphatic heterocycles. The molecule has 0 saturated heterocycles. The smallest absolute Gasteiger partial charge is 0.217 e. The zero-order chi connectivity index (χ0) is 12.7. The summed E-state index contributed by atoms with van der Waals surface area (Å²) in [5.41, 5.74) is 5.88. The second-order valence-electron chi connectivity index (χ2n) is 3.84. The lowest BCUT2D eigenvalue weighted by Crippen LogP contribution is -2.16. The Labute approximate surface area is 105 Å². The predicted octanol–water partition coefficient (Wildman–Crippen LogP) is 2.22. The van der Waals surface area contributed by atoms with E-state index in [1.807, 2.05) is 0 Å². The van der Waals surface area contributed by atoms with Crippen molar-refractivity contribution in [2.75, 3.05) is 6.54 Å². The van der Waals surface area contributed by atoms with Crippen LogP contribution >= 0.6 is 11.6 Å². The number of nitrogens with one attached hydrogen (secondary N) is 1. The first-order valence-electron chi connectivity index (χ1n) is 5.52. The molecule has 0 atom stereocenters. The highest BCUT2D eigenvalue weighted by Crippen LogP contribution is 2.16. The maximum atomic E-state index is 12.8. The van der Waals surface area contributed by atoms with Crippen molar-refractivity contribution in [1.29, 1.82) is 0 Å². The lowest BCUT2D eigenvalue weighted by atomic mass is 10.2. The Morgan fingerprint density at radius 2 is 2.18 bits per heavy atom. The summed E-state index contributed by atoms with van der Waals surface area (Å²) in [5.74, 6) is -0.605. The Balaban J connectivity index is 2.20. The van der Waals surface area contributed by atoms with Gasteiger partial charge in [0.15, 0.2) is 0 Å². The largest absolute Gasteiger partial charge is 0.370 e. The Morgan fingerprint density at radius 1 is 1.41 bits per heavy atom. The number of benzene rings is 1. The summed E-state index contributed by atoms with van der Waals surface area (Å²) in [4.78, 5) is 10.5. The van der Waals surface area contributed by atoms with Gasteiger partial charge in [0, 0.05) is 18.0 Å². The second-order valence-corrected chi connectivity index (χ2v) is 4.24. The van der Waals surface area contributed by atoms with Gasteiger partial charge in [-0.3, -0.25) is 4.79 Å². The van der Waals surface area contributed by atoms with Crippen LogP contribution in [0.25, 0.3) is 0 Å². The Hall–Kier alpha value is -1.13. The van der Waals surface area contributed by atoms with E-state index < -0.39 is 0 Å². The van der Waals surface area contributed by atoms with Gasteiger partial charge < -0.3 is 11.1 Å². The molecular weight excluding hydrogens is 243 g/mol. The molecule has 0 spiro atoms. The van der Waals surface area contributed by atoms with Gasteiger partial charge in [-0.15, -0.1) is 0 Å². The van der Waals surface area contributed by atoms with Gasteiger partial charge in [-0.2, -0.15) is 0 Å². The molecule has 1 aromatic carbocycles. The Kier molecular flexibility index (Phi) is 5.94. The van der Waals surface area contributed by atoms with Gasteiger partial charge in [-0.25, -0.2) is 4.39 Å². The van der Waals surface area contributed by atoms with Crippen LogP contribution in [-0.2, 0) is 11.3 Å². The molecule has 94 valence electrons. The van der Waals surface area contributed by atoms with Crippen LogP contribution in [0.3, 0.4) is 0 Å².